The Labute approximate surface area is 147 Å². The van der Waals surface area contributed by atoms with Crippen LogP contribution in [0.5, 0.6) is 0 Å². The molecule has 0 atom stereocenters. The average Bonchev–Trinajstić information content (AvgIpc) is 3.07. The highest BCUT2D eigenvalue weighted by molar-refractivity contribution is 14.1. The Morgan fingerprint density at radius 1 is 1.26 bits per heavy atom. The third-order valence-electron chi connectivity index (χ3n) is 3.48. The van der Waals surface area contributed by atoms with Crippen molar-refractivity contribution in [3.63, 3.8) is 0 Å². The Hall–Kier alpha value is -2.16. The van der Waals surface area contributed by atoms with Crippen LogP contribution in [-0.4, -0.2) is 25.5 Å². The number of carbonyl (C=O) groups excluding carboxylic acids is 1. The van der Waals surface area contributed by atoms with Crippen molar-refractivity contribution >= 4 is 34.3 Å². The molecule has 0 fully saturated rings. The predicted molar refractivity (Wildman–Crippen MR) is 96.4 cm³/mol. The van der Waals surface area contributed by atoms with E-state index in [1.165, 1.54) is 11.1 Å². The minimum Gasteiger partial charge on any atom is -0.304 e. The second-order valence-corrected chi connectivity index (χ2v) is 6.44. The van der Waals surface area contributed by atoms with E-state index in [1.807, 2.05) is 18.3 Å². The van der Waals surface area contributed by atoms with Crippen LogP contribution in [0.4, 0.5) is 5.82 Å². The fourth-order valence-electron chi connectivity index (χ4n) is 2.27. The summed E-state index contributed by atoms with van der Waals surface area (Å²) in [5.41, 5.74) is 2.82. The van der Waals surface area contributed by atoms with E-state index in [9.17, 15) is 4.79 Å². The SMILES string of the molecule is Cc1ccccc1Cn1ccc(NC(=O)c2nn(C)cc2I)n1. The molecular weight excluding hydrogens is 405 g/mol. The zero-order chi connectivity index (χ0) is 16.4. The van der Waals surface area contributed by atoms with E-state index in [4.69, 9.17) is 0 Å². The first-order valence-corrected chi connectivity index (χ1v) is 8.19. The molecule has 7 heteroatoms. The van der Waals surface area contributed by atoms with Gasteiger partial charge in [-0.05, 0) is 40.6 Å². The zero-order valence-electron chi connectivity index (χ0n) is 12.8. The lowest BCUT2D eigenvalue weighted by Gasteiger charge is -2.05. The summed E-state index contributed by atoms with van der Waals surface area (Å²) in [6.07, 6.45) is 3.65. The van der Waals surface area contributed by atoms with Gasteiger partial charge in [-0.15, -0.1) is 0 Å². The Kier molecular flexibility index (Phi) is 4.46. The fourth-order valence-corrected chi connectivity index (χ4v) is 3.02. The van der Waals surface area contributed by atoms with Gasteiger partial charge < -0.3 is 5.32 Å². The van der Waals surface area contributed by atoms with Crippen LogP contribution >= 0.6 is 22.6 Å². The minimum atomic E-state index is -0.254. The number of hydrogen-bond donors (Lipinski definition) is 1. The van der Waals surface area contributed by atoms with Crippen molar-refractivity contribution in [1.82, 2.24) is 19.6 Å². The molecule has 0 unspecified atom stereocenters. The molecular formula is C16H16IN5O. The Balaban J connectivity index is 1.71. The molecule has 0 aliphatic carbocycles. The number of hydrogen-bond acceptors (Lipinski definition) is 3. The summed E-state index contributed by atoms with van der Waals surface area (Å²) in [5.74, 6) is 0.265. The van der Waals surface area contributed by atoms with Gasteiger partial charge in [-0.25, -0.2) is 0 Å². The minimum absolute atomic E-state index is 0.254. The Morgan fingerprint density at radius 2 is 2.04 bits per heavy atom. The highest BCUT2D eigenvalue weighted by Crippen LogP contribution is 2.13. The van der Waals surface area contributed by atoms with Crippen LogP contribution in [0.25, 0.3) is 0 Å². The first-order chi connectivity index (χ1) is 11.0. The van der Waals surface area contributed by atoms with Crippen molar-refractivity contribution in [3.05, 3.63) is 63.1 Å². The van der Waals surface area contributed by atoms with Gasteiger partial charge in [0.15, 0.2) is 11.5 Å². The highest BCUT2D eigenvalue weighted by atomic mass is 127. The maximum Gasteiger partial charge on any atom is 0.278 e. The molecule has 0 radical (unpaired) electrons. The lowest BCUT2D eigenvalue weighted by Crippen LogP contribution is -2.15. The highest BCUT2D eigenvalue weighted by Gasteiger charge is 2.15. The average molecular weight is 421 g/mol. The predicted octanol–water partition coefficient (Wildman–Crippen LogP) is 2.83. The van der Waals surface area contributed by atoms with Gasteiger partial charge in [0.2, 0.25) is 0 Å². The van der Waals surface area contributed by atoms with Crippen LogP contribution in [0, 0.1) is 10.5 Å². The number of nitrogens with zero attached hydrogens (tertiary/aromatic N) is 4. The van der Waals surface area contributed by atoms with Crippen molar-refractivity contribution < 1.29 is 4.79 Å². The molecule has 1 amide bonds. The van der Waals surface area contributed by atoms with E-state index in [0.29, 0.717) is 18.1 Å². The van der Waals surface area contributed by atoms with Crippen LogP contribution in [0.15, 0.2) is 42.7 Å². The summed E-state index contributed by atoms with van der Waals surface area (Å²) in [6.45, 7) is 2.74. The van der Waals surface area contributed by atoms with Crippen LogP contribution in [-0.2, 0) is 13.6 Å². The van der Waals surface area contributed by atoms with Gasteiger partial charge in [0.1, 0.15) is 0 Å². The zero-order valence-corrected chi connectivity index (χ0v) is 15.0. The maximum atomic E-state index is 12.2. The molecule has 23 heavy (non-hydrogen) atoms. The first kappa shape index (κ1) is 15.7. The number of aryl methyl sites for hydroxylation is 2. The van der Waals surface area contributed by atoms with Gasteiger partial charge in [0.25, 0.3) is 5.91 Å². The van der Waals surface area contributed by atoms with Gasteiger partial charge in [-0.2, -0.15) is 10.2 Å². The molecule has 1 aromatic carbocycles. The van der Waals surface area contributed by atoms with Crippen molar-refractivity contribution in [2.45, 2.75) is 13.5 Å². The number of aromatic nitrogens is 4. The molecule has 1 N–H and O–H groups in total. The summed E-state index contributed by atoms with van der Waals surface area (Å²) >= 11 is 2.09. The second-order valence-electron chi connectivity index (χ2n) is 5.28. The lowest BCUT2D eigenvalue weighted by atomic mass is 10.1. The van der Waals surface area contributed by atoms with Crippen molar-refractivity contribution in [3.8, 4) is 0 Å². The molecule has 0 bridgehead atoms. The van der Waals surface area contributed by atoms with Crippen LogP contribution in [0.1, 0.15) is 21.6 Å². The van der Waals surface area contributed by atoms with Crippen molar-refractivity contribution in [2.75, 3.05) is 5.32 Å². The maximum absolute atomic E-state index is 12.2. The molecule has 0 aliphatic heterocycles. The van der Waals surface area contributed by atoms with Gasteiger partial charge in [0, 0.05) is 25.5 Å². The molecule has 0 aliphatic rings. The summed E-state index contributed by atoms with van der Waals surface area (Å²) in [4.78, 5) is 12.2. The molecule has 0 saturated heterocycles. The molecule has 0 spiro atoms. The van der Waals surface area contributed by atoms with E-state index >= 15 is 0 Å². The smallest absolute Gasteiger partial charge is 0.278 e. The topological polar surface area (TPSA) is 64.7 Å². The summed E-state index contributed by atoms with van der Waals surface area (Å²) in [7, 11) is 1.79. The fraction of sp³-hybridized carbons (Fsp3) is 0.188. The van der Waals surface area contributed by atoms with E-state index in [0.717, 1.165) is 3.57 Å². The Morgan fingerprint density at radius 3 is 2.74 bits per heavy atom. The summed E-state index contributed by atoms with van der Waals surface area (Å²) in [6, 6.07) is 9.96. The summed E-state index contributed by atoms with van der Waals surface area (Å²) in [5, 5.41) is 11.3. The number of nitrogens with one attached hydrogen (secondary N) is 1. The third kappa shape index (κ3) is 3.61. The number of carbonyl (C=O) groups is 1. The van der Waals surface area contributed by atoms with Gasteiger partial charge in [-0.3, -0.25) is 14.2 Å². The first-order valence-electron chi connectivity index (χ1n) is 7.11. The van der Waals surface area contributed by atoms with E-state index in [1.54, 1.807) is 28.7 Å². The van der Waals surface area contributed by atoms with Crippen LogP contribution in [0.2, 0.25) is 0 Å². The normalized spacial score (nSPS) is 10.7. The van der Waals surface area contributed by atoms with Crippen LogP contribution < -0.4 is 5.32 Å². The lowest BCUT2D eigenvalue weighted by molar-refractivity contribution is 0.102. The number of amides is 1. The number of anilines is 1. The van der Waals surface area contributed by atoms with Crippen molar-refractivity contribution in [2.24, 2.45) is 7.05 Å². The number of benzene rings is 1. The molecule has 6 nitrogen and oxygen atoms in total. The standard InChI is InChI=1S/C16H16IN5O/c1-11-5-3-4-6-12(11)9-22-8-7-14(19-22)18-16(23)15-13(17)10-21(2)20-15/h3-8,10H,9H2,1-2H3,(H,18,19,23). The molecule has 2 heterocycles. The third-order valence-corrected chi connectivity index (χ3v) is 4.26. The molecule has 0 saturated carbocycles. The largest absolute Gasteiger partial charge is 0.304 e. The van der Waals surface area contributed by atoms with E-state index in [-0.39, 0.29) is 5.91 Å². The monoisotopic (exact) mass is 421 g/mol. The molecule has 2 aromatic heterocycles. The van der Waals surface area contributed by atoms with E-state index in [2.05, 4.69) is 57.2 Å². The van der Waals surface area contributed by atoms with Crippen LogP contribution in [0.3, 0.4) is 0 Å². The van der Waals surface area contributed by atoms with Gasteiger partial charge in [-0.1, -0.05) is 24.3 Å². The Bertz CT molecular complexity index is 852. The quantitative estimate of drug-likeness (QED) is 0.660. The summed E-state index contributed by atoms with van der Waals surface area (Å²) < 4.78 is 4.23. The molecule has 3 aromatic rings. The van der Waals surface area contributed by atoms with E-state index < -0.39 is 0 Å². The van der Waals surface area contributed by atoms with Gasteiger partial charge in [0.05, 0.1) is 10.1 Å². The second kappa shape index (κ2) is 6.53. The molecule has 118 valence electrons. The number of halogens is 1. The molecule has 3 rings (SSSR count). The van der Waals surface area contributed by atoms with Crippen molar-refractivity contribution in [1.29, 1.82) is 0 Å². The number of rotatable bonds is 4. The van der Waals surface area contributed by atoms with Gasteiger partial charge >= 0.3 is 0 Å².